The Morgan fingerprint density at radius 3 is 1.39 bits per heavy atom. The Hall–Kier alpha value is -4.66. The maximum absolute atomic E-state index is 13.5. The van der Waals surface area contributed by atoms with Crippen LogP contribution in [0.2, 0.25) is 10.0 Å². The lowest BCUT2D eigenvalue weighted by atomic mass is 9.99. The summed E-state index contributed by atoms with van der Waals surface area (Å²) < 4.78 is 10.0. The zero-order valence-corrected chi connectivity index (χ0v) is 37.0. The molecule has 2 aromatic carbocycles. The van der Waals surface area contributed by atoms with Crippen molar-refractivity contribution < 1.29 is 14.3 Å². The molecule has 0 saturated heterocycles. The van der Waals surface area contributed by atoms with Crippen LogP contribution in [-0.4, -0.2) is 65.7 Å². The van der Waals surface area contributed by atoms with Crippen LogP contribution < -0.4 is 0 Å². The van der Waals surface area contributed by atoms with Gasteiger partial charge in [-0.1, -0.05) is 47.5 Å². The molecule has 0 radical (unpaired) electrons. The first kappa shape index (κ1) is 41.1. The van der Waals surface area contributed by atoms with Gasteiger partial charge in [0.05, 0.1) is 11.4 Å². The number of aromatic nitrogens is 6. The van der Waals surface area contributed by atoms with Crippen LogP contribution in [0.25, 0.3) is 10.0 Å². The van der Waals surface area contributed by atoms with Gasteiger partial charge in [0.25, 0.3) is 0 Å². The second-order valence-electron chi connectivity index (χ2n) is 15.1. The second kappa shape index (κ2) is 17.1. The lowest BCUT2D eigenvalue weighted by Gasteiger charge is -2.13. The van der Waals surface area contributed by atoms with Crippen molar-refractivity contribution in [2.24, 2.45) is 9.98 Å². The third kappa shape index (κ3) is 8.15. The van der Waals surface area contributed by atoms with Crippen LogP contribution >= 0.6 is 45.9 Å². The van der Waals surface area contributed by atoms with Gasteiger partial charge in [-0.3, -0.25) is 28.7 Å². The van der Waals surface area contributed by atoms with Gasteiger partial charge in [0.1, 0.15) is 45.3 Å². The molecule has 11 nitrogen and oxygen atoms in total. The Morgan fingerprint density at radius 2 is 1.00 bits per heavy atom. The topological polar surface area (TPSA) is 130 Å². The molecule has 0 aliphatic carbocycles. The van der Waals surface area contributed by atoms with E-state index in [4.69, 9.17) is 37.9 Å². The third-order valence-electron chi connectivity index (χ3n) is 11.0. The first-order valence-electron chi connectivity index (χ1n) is 19.7. The summed E-state index contributed by atoms with van der Waals surface area (Å²) in [6, 6.07) is 14.3. The van der Waals surface area contributed by atoms with Crippen molar-refractivity contribution in [2.45, 2.75) is 92.2 Å². The van der Waals surface area contributed by atoms with Gasteiger partial charge in [-0.2, -0.15) is 0 Å². The van der Waals surface area contributed by atoms with Crippen molar-refractivity contribution in [2.75, 3.05) is 13.2 Å². The number of carbonyl (C=O) groups is 2. The normalized spacial score (nSPS) is 15.7. The number of fused-ring (bicyclic) bond motifs is 6. The van der Waals surface area contributed by atoms with Crippen LogP contribution in [0, 0.1) is 41.5 Å². The molecular weight excluding hydrogens is 824 g/mol. The van der Waals surface area contributed by atoms with Gasteiger partial charge in [-0.25, -0.2) is 0 Å². The minimum atomic E-state index is -0.501. The summed E-state index contributed by atoms with van der Waals surface area (Å²) in [6.07, 6.45) is 2.20. The SMILES string of the molecule is Cc1sc2c(c1C)C(c1ccc(Cl)cc1)=NC(CC(=O)CCCOCCCC(=O)C[C@@H]1N=C(c3ccc(Cl)cc3)c3c(sc(C)c3C)-n3c(C)nnc31)c1nnc(C)n1-2. The first-order valence-corrected chi connectivity index (χ1v) is 22.1. The van der Waals surface area contributed by atoms with Crippen LogP contribution in [0.3, 0.4) is 0 Å². The van der Waals surface area contributed by atoms with E-state index in [1.807, 2.05) is 62.4 Å². The van der Waals surface area contributed by atoms with E-state index >= 15 is 0 Å². The highest BCUT2D eigenvalue weighted by molar-refractivity contribution is 7.15. The molecule has 8 rings (SSSR count). The number of aryl methyl sites for hydroxylation is 4. The van der Waals surface area contributed by atoms with Crippen LogP contribution in [0.5, 0.6) is 0 Å². The number of hydrogen-bond acceptors (Lipinski definition) is 11. The highest BCUT2D eigenvalue weighted by Gasteiger charge is 2.34. The summed E-state index contributed by atoms with van der Waals surface area (Å²) in [6.45, 7) is 13.1. The smallest absolute Gasteiger partial charge is 0.163 e. The Morgan fingerprint density at radius 1 is 0.610 bits per heavy atom. The Bertz CT molecular complexity index is 2460. The van der Waals surface area contributed by atoms with Gasteiger partial charge < -0.3 is 4.74 Å². The number of thiophene rings is 2. The molecule has 0 amide bonds. The molecule has 15 heteroatoms. The fraction of sp³-hybridized carbons (Fsp3) is 0.364. The Balaban J connectivity index is 0.877. The molecular formula is C44H44Cl2N8O3S2. The van der Waals surface area contributed by atoms with Crippen molar-refractivity contribution in [3.8, 4) is 10.0 Å². The number of aliphatic imine (C=N–C) groups is 2. The molecule has 0 bridgehead atoms. The van der Waals surface area contributed by atoms with Crippen molar-refractivity contribution in [1.29, 1.82) is 0 Å². The van der Waals surface area contributed by atoms with Gasteiger partial charge in [-0.15, -0.1) is 43.1 Å². The maximum atomic E-state index is 13.5. The third-order valence-corrected chi connectivity index (χ3v) is 13.9. The number of hydrogen-bond donors (Lipinski definition) is 0. The highest BCUT2D eigenvalue weighted by atomic mass is 35.5. The van der Waals surface area contributed by atoms with E-state index in [0.29, 0.717) is 60.6 Å². The van der Waals surface area contributed by atoms with Crippen LogP contribution in [-0.2, 0) is 14.3 Å². The molecule has 6 aromatic rings. The standard InChI is InChI=1S/C44H44Cl2N8O3S2/c1-23-25(3)58-43-37(23)39(29-11-15-31(45)16-12-29)47-35(41-51-49-27(5)53(41)43)21-33(55)9-7-19-57-20-8-10-34(56)22-36-42-52-50-28(6)54(42)44-38(24(2)26(4)59-44)40(48-36)30-13-17-32(46)18-14-30/h11-18,35-36H,7-10,19-22H2,1-6H3/t35-,36?/m0/s1. The van der Waals surface area contributed by atoms with Crippen LogP contribution in [0.4, 0.5) is 0 Å². The van der Waals surface area contributed by atoms with Gasteiger partial charge in [0.2, 0.25) is 0 Å². The van der Waals surface area contributed by atoms with Crippen molar-refractivity contribution in [3.05, 3.63) is 125 Å². The largest absolute Gasteiger partial charge is 0.381 e. The Labute approximate surface area is 361 Å². The number of benzene rings is 2. The molecule has 4 aromatic heterocycles. The number of nitrogens with zero attached hydrogens (tertiary/aromatic N) is 8. The van der Waals surface area contributed by atoms with E-state index in [-0.39, 0.29) is 24.4 Å². The molecule has 0 spiro atoms. The van der Waals surface area contributed by atoms with Gasteiger partial charge >= 0.3 is 0 Å². The van der Waals surface area contributed by atoms with Crippen molar-refractivity contribution in [3.63, 3.8) is 0 Å². The lowest BCUT2D eigenvalue weighted by Crippen LogP contribution is -2.12. The summed E-state index contributed by atoms with van der Waals surface area (Å²) in [4.78, 5) is 39.8. The monoisotopic (exact) mass is 866 g/mol. The summed E-state index contributed by atoms with van der Waals surface area (Å²) in [5.41, 5.74) is 7.87. The molecule has 2 aliphatic heterocycles. The average Bonchev–Trinajstić information content (AvgIpc) is 3.90. The van der Waals surface area contributed by atoms with E-state index in [0.717, 1.165) is 66.5 Å². The molecule has 0 fully saturated rings. The van der Waals surface area contributed by atoms with E-state index in [9.17, 15) is 9.59 Å². The molecule has 1 unspecified atom stereocenters. The summed E-state index contributed by atoms with van der Waals surface area (Å²) >= 11 is 15.9. The number of halogens is 2. The van der Waals surface area contributed by atoms with Crippen LogP contribution in [0.1, 0.15) is 117 Å². The van der Waals surface area contributed by atoms with Crippen molar-refractivity contribution >= 4 is 68.9 Å². The predicted octanol–water partition coefficient (Wildman–Crippen LogP) is 10.1. The molecule has 0 N–H and O–H groups in total. The maximum Gasteiger partial charge on any atom is 0.163 e. The zero-order chi connectivity index (χ0) is 41.5. The molecule has 0 saturated carbocycles. The fourth-order valence-electron chi connectivity index (χ4n) is 7.75. The quantitative estimate of drug-likeness (QED) is 0.0997. The van der Waals surface area contributed by atoms with Gasteiger partial charge in [-0.05, 0) is 89.8 Å². The molecule has 2 aliphatic rings. The van der Waals surface area contributed by atoms with E-state index < -0.39 is 12.1 Å². The van der Waals surface area contributed by atoms with E-state index in [2.05, 4.69) is 57.2 Å². The number of ether oxygens (including phenoxy) is 1. The number of ketones is 2. The molecule has 304 valence electrons. The average molecular weight is 868 g/mol. The Kier molecular flexibility index (Phi) is 11.9. The lowest BCUT2D eigenvalue weighted by molar-refractivity contribution is -0.120. The minimum absolute atomic E-state index is 0.0723. The van der Waals surface area contributed by atoms with Gasteiger partial charge in [0, 0.05) is 81.0 Å². The van der Waals surface area contributed by atoms with Gasteiger partial charge in [0.15, 0.2) is 11.6 Å². The van der Waals surface area contributed by atoms with E-state index in [1.54, 1.807) is 22.7 Å². The second-order valence-corrected chi connectivity index (χ2v) is 18.4. The number of Topliss-reactive ketones (excluding diaryl/α,β-unsaturated/α-hetero) is 2. The number of carbonyl (C=O) groups excluding carboxylic acids is 2. The minimum Gasteiger partial charge on any atom is -0.381 e. The van der Waals surface area contributed by atoms with E-state index in [1.165, 1.54) is 9.75 Å². The fourth-order valence-corrected chi connectivity index (χ4v) is 10.4. The summed E-state index contributed by atoms with van der Waals surface area (Å²) in [5.74, 6) is 2.98. The van der Waals surface area contributed by atoms with Crippen LogP contribution in [0.15, 0.2) is 58.5 Å². The summed E-state index contributed by atoms with van der Waals surface area (Å²) in [7, 11) is 0. The summed E-state index contributed by atoms with van der Waals surface area (Å²) in [5, 5.41) is 21.2. The first-order chi connectivity index (χ1) is 28.4. The number of rotatable bonds is 14. The molecule has 2 atom stereocenters. The molecule has 59 heavy (non-hydrogen) atoms. The molecule has 6 heterocycles. The van der Waals surface area contributed by atoms with Crippen molar-refractivity contribution in [1.82, 2.24) is 29.5 Å². The zero-order valence-electron chi connectivity index (χ0n) is 33.8. The highest BCUT2D eigenvalue weighted by Crippen LogP contribution is 2.41. The predicted molar refractivity (Wildman–Crippen MR) is 235 cm³/mol.